The van der Waals surface area contributed by atoms with Gasteiger partial charge >= 0.3 is 0 Å². The Labute approximate surface area is 101 Å². The van der Waals surface area contributed by atoms with Crippen LogP contribution >= 0.6 is 11.8 Å². The van der Waals surface area contributed by atoms with Gasteiger partial charge in [-0.3, -0.25) is 10.7 Å². The molecule has 0 unspecified atom stereocenters. The van der Waals surface area contributed by atoms with E-state index in [1.54, 1.807) is 18.9 Å². The minimum atomic E-state index is 0.0440. The summed E-state index contributed by atoms with van der Waals surface area (Å²) in [7, 11) is 1.60. The van der Waals surface area contributed by atoms with Gasteiger partial charge in [-0.15, -0.1) is 11.8 Å². The van der Waals surface area contributed by atoms with E-state index in [-0.39, 0.29) is 5.41 Å². The molecule has 0 spiro atoms. The van der Waals surface area contributed by atoms with Gasteiger partial charge in [0.2, 0.25) is 0 Å². The van der Waals surface area contributed by atoms with Gasteiger partial charge in [-0.2, -0.15) is 0 Å². The van der Waals surface area contributed by atoms with Crippen LogP contribution in [-0.4, -0.2) is 18.6 Å². The Balaban J connectivity index is 3.37. The molecular formula is C12H19NO2S. The van der Waals surface area contributed by atoms with Crippen molar-refractivity contribution >= 4 is 17.4 Å². The second-order valence-electron chi connectivity index (χ2n) is 4.62. The molecule has 0 amide bonds. The number of thioether (sulfide) groups is 1. The van der Waals surface area contributed by atoms with Crippen LogP contribution in [0.1, 0.15) is 26.3 Å². The molecule has 0 heterocycles. The molecule has 0 fully saturated rings. The molecule has 2 N–H and O–H groups in total. The fourth-order valence-electron chi connectivity index (χ4n) is 1.48. The van der Waals surface area contributed by atoms with Crippen molar-refractivity contribution in [2.45, 2.75) is 31.1 Å². The van der Waals surface area contributed by atoms with Gasteiger partial charge in [0.25, 0.3) is 0 Å². The lowest BCUT2D eigenvalue weighted by molar-refractivity contribution is 0.369. The maximum atomic E-state index is 9.12. The molecule has 16 heavy (non-hydrogen) atoms. The molecule has 0 aliphatic carbocycles. The summed E-state index contributed by atoms with van der Waals surface area (Å²) in [5, 5.41) is 9.12. The number of anilines is 1. The summed E-state index contributed by atoms with van der Waals surface area (Å²) in [6.45, 7) is 6.42. The Morgan fingerprint density at radius 1 is 1.31 bits per heavy atom. The van der Waals surface area contributed by atoms with Crippen molar-refractivity contribution in [3.05, 3.63) is 17.7 Å². The first-order chi connectivity index (χ1) is 7.43. The van der Waals surface area contributed by atoms with Crippen molar-refractivity contribution in [1.29, 1.82) is 0 Å². The fraction of sp³-hybridized carbons (Fsp3) is 0.500. The summed E-state index contributed by atoms with van der Waals surface area (Å²) < 4.78 is 5.28. The Hall–Kier alpha value is -0.870. The summed E-state index contributed by atoms with van der Waals surface area (Å²) in [6.07, 6.45) is 1.99. The number of nitrogens with one attached hydrogen (secondary N) is 1. The first kappa shape index (κ1) is 13.2. The van der Waals surface area contributed by atoms with E-state index in [1.807, 2.05) is 12.3 Å². The van der Waals surface area contributed by atoms with Crippen LogP contribution in [0.4, 0.5) is 5.69 Å². The largest absolute Gasteiger partial charge is 0.493 e. The standard InChI is InChI=1S/C12H19NO2S/c1-12(2,3)8-6-9(13-14)11(15-4)10(7-8)16-5/h6-7,13-14H,1-5H3. The lowest BCUT2D eigenvalue weighted by Gasteiger charge is -2.22. The van der Waals surface area contributed by atoms with Gasteiger partial charge in [0.05, 0.1) is 12.0 Å². The second kappa shape index (κ2) is 4.97. The average molecular weight is 241 g/mol. The predicted octanol–water partition coefficient (Wildman–Crippen LogP) is 3.52. The van der Waals surface area contributed by atoms with Gasteiger partial charge in [0, 0.05) is 0 Å². The van der Waals surface area contributed by atoms with Crippen LogP contribution in [0.15, 0.2) is 17.0 Å². The molecule has 4 heteroatoms. The molecule has 1 rings (SSSR count). The van der Waals surface area contributed by atoms with Crippen molar-refractivity contribution in [3.8, 4) is 5.75 Å². The van der Waals surface area contributed by atoms with E-state index in [2.05, 4.69) is 32.3 Å². The maximum absolute atomic E-state index is 9.12. The third-order valence-corrected chi connectivity index (χ3v) is 3.21. The summed E-state index contributed by atoms with van der Waals surface area (Å²) in [5.41, 5.74) is 4.01. The highest BCUT2D eigenvalue weighted by Gasteiger charge is 2.18. The van der Waals surface area contributed by atoms with Crippen molar-refractivity contribution in [3.63, 3.8) is 0 Å². The summed E-state index contributed by atoms with van der Waals surface area (Å²) in [5.74, 6) is 0.683. The van der Waals surface area contributed by atoms with E-state index in [4.69, 9.17) is 9.94 Å². The summed E-state index contributed by atoms with van der Waals surface area (Å²) in [6, 6.07) is 4.02. The minimum absolute atomic E-state index is 0.0440. The van der Waals surface area contributed by atoms with Crippen LogP contribution in [0.25, 0.3) is 0 Å². The van der Waals surface area contributed by atoms with Gasteiger partial charge < -0.3 is 4.74 Å². The summed E-state index contributed by atoms with van der Waals surface area (Å²) >= 11 is 1.60. The molecule has 1 aromatic rings. The van der Waals surface area contributed by atoms with Gasteiger partial charge in [-0.05, 0) is 29.4 Å². The molecule has 0 bridgehead atoms. The van der Waals surface area contributed by atoms with Crippen LogP contribution in [0.3, 0.4) is 0 Å². The monoisotopic (exact) mass is 241 g/mol. The normalized spacial score (nSPS) is 11.4. The van der Waals surface area contributed by atoms with E-state index in [0.717, 1.165) is 10.5 Å². The molecule has 0 radical (unpaired) electrons. The Morgan fingerprint density at radius 2 is 1.94 bits per heavy atom. The SMILES string of the molecule is COc1c(NO)cc(C(C)(C)C)cc1SC. The number of ether oxygens (including phenoxy) is 1. The zero-order valence-corrected chi connectivity index (χ0v) is 11.2. The zero-order valence-electron chi connectivity index (χ0n) is 10.4. The molecule has 1 aromatic carbocycles. The molecule has 0 saturated heterocycles. The van der Waals surface area contributed by atoms with Crippen LogP contribution in [0.5, 0.6) is 5.75 Å². The molecule has 90 valence electrons. The highest BCUT2D eigenvalue weighted by Crippen LogP contribution is 2.39. The average Bonchev–Trinajstić information content (AvgIpc) is 2.25. The molecular weight excluding hydrogens is 222 g/mol. The lowest BCUT2D eigenvalue weighted by atomic mass is 9.87. The smallest absolute Gasteiger partial charge is 0.157 e. The van der Waals surface area contributed by atoms with E-state index in [1.165, 1.54) is 0 Å². The van der Waals surface area contributed by atoms with Crippen molar-refractivity contribution < 1.29 is 9.94 Å². The molecule has 3 nitrogen and oxygen atoms in total. The van der Waals surface area contributed by atoms with Crippen LogP contribution in [0, 0.1) is 0 Å². The Bertz CT molecular complexity index is 347. The quantitative estimate of drug-likeness (QED) is 0.627. The maximum Gasteiger partial charge on any atom is 0.157 e. The third-order valence-electron chi connectivity index (χ3n) is 2.47. The van der Waals surface area contributed by atoms with Gasteiger partial charge in [-0.25, -0.2) is 0 Å². The van der Waals surface area contributed by atoms with E-state index in [9.17, 15) is 0 Å². The number of hydrogen-bond donors (Lipinski definition) is 2. The lowest BCUT2D eigenvalue weighted by Crippen LogP contribution is -2.12. The van der Waals surface area contributed by atoms with E-state index in [0.29, 0.717) is 11.4 Å². The number of methoxy groups -OCH3 is 1. The van der Waals surface area contributed by atoms with Crippen molar-refractivity contribution in [1.82, 2.24) is 0 Å². The molecule has 0 aliphatic heterocycles. The van der Waals surface area contributed by atoms with Crippen LogP contribution in [0.2, 0.25) is 0 Å². The summed E-state index contributed by atoms with van der Waals surface area (Å²) in [4.78, 5) is 1.02. The minimum Gasteiger partial charge on any atom is -0.493 e. The first-order valence-electron chi connectivity index (χ1n) is 5.10. The van der Waals surface area contributed by atoms with Crippen LogP contribution in [-0.2, 0) is 5.41 Å². The van der Waals surface area contributed by atoms with Gasteiger partial charge in [0.15, 0.2) is 5.75 Å². The molecule has 0 saturated carbocycles. The van der Waals surface area contributed by atoms with Crippen molar-refractivity contribution in [2.75, 3.05) is 18.8 Å². The van der Waals surface area contributed by atoms with Gasteiger partial charge in [-0.1, -0.05) is 20.8 Å². The highest BCUT2D eigenvalue weighted by atomic mass is 32.2. The van der Waals surface area contributed by atoms with E-state index >= 15 is 0 Å². The molecule has 0 aromatic heterocycles. The van der Waals surface area contributed by atoms with Crippen LogP contribution < -0.4 is 10.2 Å². The molecule has 0 atom stereocenters. The third kappa shape index (κ3) is 2.62. The highest BCUT2D eigenvalue weighted by molar-refractivity contribution is 7.98. The second-order valence-corrected chi connectivity index (χ2v) is 5.47. The predicted molar refractivity (Wildman–Crippen MR) is 68.9 cm³/mol. The zero-order chi connectivity index (χ0) is 12.3. The molecule has 0 aliphatic rings. The Kier molecular flexibility index (Phi) is 4.10. The topological polar surface area (TPSA) is 41.5 Å². The first-order valence-corrected chi connectivity index (χ1v) is 6.33. The fourth-order valence-corrected chi connectivity index (χ4v) is 2.10. The number of rotatable bonds is 3. The Morgan fingerprint density at radius 3 is 2.31 bits per heavy atom. The number of hydrogen-bond acceptors (Lipinski definition) is 4. The van der Waals surface area contributed by atoms with Gasteiger partial charge in [0.1, 0.15) is 5.69 Å². The number of benzene rings is 1. The van der Waals surface area contributed by atoms with Crippen molar-refractivity contribution in [2.24, 2.45) is 0 Å². The van der Waals surface area contributed by atoms with E-state index < -0.39 is 0 Å².